The van der Waals surface area contributed by atoms with Crippen molar-refractivity contribution in [3.63, 3.8) is 0 Å². The second kappa shape index (κ2) is 7.00. The van der Waals surface area contributed by atoms with Gasteiger partial charge in [-0.3, -0.25) is 4.79 Å². The summed E-state index contributed by atoms with van der Waals surface area (Å²) in [6, 6.07) is 0. The molecule has 0 aromatic rings. The molecule has 1 heterocycles. The molecule has 0 spiro atoms. The zero-order chi connectivity index (χ0) is 19.2. The Labute approximate surface area is 153 Å². The standard InChI is InChI=1S/C20H26O6/c1-9(8-21)5-16(23)25-15-6-10(2)13-7-14(22)11(3)17(13)19-18(15)12(4)20(24)26-19/h5,12-15,17-19,21-22H,2-3,6-8H2,1,4H3/b9-5-/t12-,13+,14+,15+,17+,18-,19-/m1/s1. The van der Waals surface area contributed by atoms with Gasteiger partial charge < -0.3 is 19.7 Å². The highest BCUT2D eigenvalue weighted by Gasteiger charge is 2.57. The van der Waals surface area contributed by atoms with Crippen molar-refractivity contribution in [3.05, 3.63) is 36.0 Å². The summed E-state index contributed by atoms with van der Waals surface area (Å²) in [4.78, 5) is 24.5. The van der Waals surface area contributed by atoms with Gasteiger partial charge in [-0.25, -0.2) is 4.79 Å². The molecule has 1 aliphatic heterocycles. The third kappa shape index (κ3) is 3.12. The van der Waals surface area contributed by atoms with Crippen LogP contribution in [0.15, 0.2) is 36.0 Å². The number of hydrogen-bond acceptors (Lipinski definition) is 6. The zero-order valence-electron chi connectivity index (χ0n) is 15.2. The fourth-order valence-electron chi connectivity index (χ4n) is 4.58. The van der Waals surface area contributed by atoms with E-state index in [4.69, 9.17) is 14.6 Å². The van der Waals surface area contributed by atoms with Crippen LogP contribution in [-0.4, -0.2) is 47.1 Å². The number of esters is 2. The average Bonchev–Trinajstić information content (AvgIpc) is 2.99. The van der Waals surface area contributed by atoms with E-state index in [0.29, 0.717) is 24.0 Å². The molecule has 26 heavy (non-hydrogen) atoms. The van der Waals surface area contributed by atoms with E-state index in [0.717, 1.165) is 5.57 Å². The maximum absolute atomic E-state index is 12.2. The molecule has 0 amide bonds. The van der Waals surface area contributed by atoms with Gasteiger partial charge in [0.2, 0.25) is 0 Å². The van der Waals surface area contributed by atoms with Crippen LogP contribution in [0.25, 0.3) is 0 Å². The van der Waals surface area contributed by atoms with Gasteiger partial charge in [-0.1, -0.05) is 25.7 Å². The maximum atomic E-state index is 12.2. The summed E-state index contributed by atoms with van der Waals surface area (Å²) in [5, 5.41) is 19.3. The zero-order valence-corrected chi connectivity index (χ0v) is 15.2. The number of fused-ring (bicyclic) bond motifs is 3. The van der Waals surface area contributed by atoms with E-state index in [1.54, 1.807) is 13.8 Å². The van der Waals surface area contributed by atoms with E-state index in [9.17, 15) is 14.7 Å². The van der Waals surface area contributed by atoms with Crippen molar-refractivity contribution in [2.24, 2.45) is 23.7 Å². The third-order valence-corrected chi connectivity index (χ3v) is 6.00. The fraction of sp³-hybridized carbons (Fsp3) is 0.600. The lowest BCUT2D eigenvalue weighted by molar-refractivity contribution is -0.147. The first-order valence-electron chi connectivity index (χ1n) is 8.98. The largest absolute Gasteiger partial charge is 0.461 e. The van der Waals surface area contributed by atoms with Crippen LogP contribution < -0.4 is 0 Å². The van der Waals surface area contributed by atoms with Gasteiger partial charge in [-0.2, -0.15) is 0 Å². The minimum Gasteiger partial charge on any atom is -0.461 e. The Balaban J connectivity index is 1.92. The lowest BCUT2D eigenvalue weighted by Gasteiger charge is -2.29. The third-order valence-electron chi connectivity index (χ3n) is 6.00. The summed E-state index contributed by atoms with van der Waals surface area (Å²) >= 11 is 0. The molecule has 6 nitrogen and oxygen atoms in total. The van der Waals surface area contributed by atoms with Gasteiger partial charge in [0, 0.05) is 24.3 Å². The number of carbonyl (C=O) groups is 2. The SMILES string of the molecule is C=C1[C@@H]2[C@H]3OC(=O)[C@H](C)[C@@H]3[C@@H](OC(=O)/C=C(/C)CO)CC(=C)[C@@H]2C[C@@H]1O. The molecule has 0 aromatic carbocycles. The summed E-state index contributed by atoms with van der Waals surface area (Å²) in [5.41, 5.74) is 2.04. The Bertz CT molecular complexity index is 678. The topological polar surface area (TPSA) is 93.1 Å². The predicted molar refractivity (Wildman–Crippen MR) is 93.8 cm³/mol. The maximum Gasteiger partial charge on any atom is 0.331 e. The molecule has 3 aliphatic rings. The van der Waals surface area contributed by atoms with E-state index in [1.165, 1.54) is 6.08 Å². The van der Waals surface area contributed by atoms with Crippen LogP contribution in [0.3, 0.4) is 0 Å². The smallest absolute Gasteiger partial charge is 0.331 e. The van der Waals surface area contributed by atoms with E-state index in [-0.39, 0.29) is 30.3 Å². The number of carbonyl (C=O) groups excluding carboxylic acids is 2. The van der Waals surface area contributed by atoms with Gasteiger partial charge in [0.25, 0.3) is 0 Å². The summed E-state index contributed by atoms with van der Waals surface area (Å²) in [5.74, 6) is -1.84. The Morgan fingerprint density at radius 2 is 2.12 bits per heavy atom. The van der Waals surface area contributed by atoms with Crippen LogP contribution in [0, 0.1) is 23.7 Å². The van der Waals surface area contributed by atoms with E-state index in [1.807, 2.05) is 0 Å². The van der Waals surface area contributed by atoms with Gasteiger partial charge in [-0.15, -0.1) is 0 Å². The highest BCUT2D eigenvalue weighted by molar-refractivity contribution is 5.83. The molecule has 6 heteroatoms. The van der Waals surface area contributed by atoms with Gasteiger partial charge in [-0.05, 0) is 30.4 Å². The lowest BCUT2D eigenvalue weighted by atomic mass is 9.79. The first-order valence-corrected chi connectivity index (χ1v) is 8.98. The van der Waals surface area contributed by atoms with Crippen LogP contribution in [0.2, 0.25) is 0 Å². The first kappa shape index (κ1) is 18.9. The molecule has 142 valence electrons. The Kier molecular flexibility index (Phi) is 5.08. The fourth-order valence-corrected chi connectivity index (χ4v) is 4.58. The van der Waals surface area contributed by atoms with E-state index in [2.05, 4.69) is 13.2 Å². The quantitative estimate of drug-likeness (QED) is 0.449. The predicted octanol–water partition coefficient (Wildman–Crippen LogP) is 1.53. The molecular weight excluding hydrogens is 336 g/mol. The Morgan fingerprint density at radius 3 is 2.77 bits per heavy atom. The van der Waals surface area contributed by atoms with Crippen LogP contribution in [0.5, 0.6) is 0 Å². The minimum absolute atomic E-state index is 0.0403. The number of aliphatic hydroxyl groups excluding tert-OH is 2. The van der Waals surface area contributed by atoms with E-state index < -0.39 is 30.2 Å². The number of aliphatic hydroxyl groups is 2. The molecule has 2 N–H and O–H groups in total. The van der Waals surface area contributed by atoms with Crippen LogP contribution in [-0.2, 0) is 19.1 Å². The van der Waals surface area contributed by atoms with Crippen molar-refractivity contribution in [1.29, 1.82) is 0 Å². The van der Waals surface area contributed by atoms with Crippen LogP contribution in [0.4, 0.5) is 0 Å². The molecular formula is C20H26O6. The summed E-state index contributed by atoms with van der Waals surface area (Å²) in [7, 11) is 0. The lowest BCUT2D eigenvalue weighted by Crippen LogP contribution is -2.37. The van der Waals surface area contributed by atoms with Gasteiger partial charge >= 0.3 is 11.9 Å². The van der Waals surface area contributed by atoms with Gasteiger partial charge in [0.1, 0.15) is 12.2 Å². The molecule has 0 radical (unpaired) electrons. The van der Waals surface area contributed by atoms with Crippen molar-refractivity contribution in [2.75, 3.05) is 6.61 Å². The summed E-state index contributed by atoms with van der Waals surface area (Å²) < 4.78 is 11.3. The first-order chi connectivity index (χ1) is 12.2. The molecule has 2 saturated carbocycles. The molecule has 3 fully saturated rings. The number of hydrogen-bond donors (Lipinski definition) is 2. The molecule has 3 rings (SSSR count). The molecule has 0 unspecified atom stereocenters. The average molecular weight is 362 g/mol. The Hall–Kier alpha value is -1.92. The second-order valence-electron chi connectivity index (χ2n) is 7.71. The molecule has 1 saturated heterocycles. The monoisotopic (exact) mass is 362 g/mol. The Morgan fingerprint density at radius 1 is 1.42 bits per heavy atom. The number of ether oxygens (including phenoxy) is 2. The van der Waals surface area contributed by atoms with Crippen LogP contribution in [0.1, 0.15) is 26.7 Å². The van der Waals surface area contributed by atoms with Crippen LogP contribution >= 0.6 is 0 Å². The van der Waals surface area contributed by atoms with Gasteiger partial charge in [0.05, 0.1) is 18.6 Å². The van der Waals surface area contributed by atoms with E-state index >= 15 is 0 Å². The molecule has 2 aliphatic carbocycles. The normalized spacial score (nSPS) is 39.9. The van der Waals surface area contributed by atoms with Crippen molar-refractivity contribution < 1.29 is 29.3 Å². The van der Waals surface area contributed by atoms with Crippen molar-refractivity contribution >= 4 is 11.9 Å². The second-order valence-corrected chi connectivity index (χ2v) is 7.71. The minimum atomic E-state index is -0.633. The molecule has 0 bridgehead atoms. The highest BCUT2D eigenvalue weighted by atomic mass is 16.6. The highest BCUT2D eigenvalue weighted by Crippen LogP contribution is 2.52. The van der Waals surface area contributed by atoms with Crippen molar-refractivity contribution in [3.8, 4) is 0 Å². The van der Waals surface area contributed by atoms with Gasteiger partial charge in [0.15, 0.2) is 0 Å². The van der Waals surface area contributed by atoms with Crippen molar-refractivity contribution in [2.45, 2.75) is 45.0 Å². The molecule has 7 atom stereocenters. The van der Waals surface area contributed by atoms with Crippen molar-refractivity contribution in [1.82, 2.24) is 0 Å². The molecule has 0 aromatic heterocycles. The summed E-state index contributed by atoms with van der Waals surface area (Å²) in [6.07, 6.45) is 0.523. The number of rotatable bonds is 3. The summed E-state index contributed by atoms with van der Waals surface area (Å²) in [6.45, 7) is 11.4.